The summed E-state index contributed by atoms with van der Waals surface area (Å²) in [4.78, 5) is 39.2. The number of hydrogen-bond donors (Lipinski definition) is 1. The number of likely N-dealkylation sites (tertiary alicyclic amines) is 1. The van der Waals surface area contributed by atoms with Crippen LogP contribution in [0.15, 0.2) is 60.7 Å². The van der Waals surface area contributed by atoms with Crippen LogP contribution in [0.2, 0.25) is 0 Å². The van der Waals surface area contributed by atoms with Gasteiger partial charge in [0.1, 0.15) is 6.54 Å². The summed E-state index contributed by atoms with van der Waals surface area (Å²) in [5.74, 6) is -1.11. The van der Waals surface area contributed by atoms with Gasteiger partial charge in [-0.1, -0.05) is 60.7 Å². The Balaban J connectivity index is 1.58. The minimum atomic E-state index is -0.993. The number of nitrogens with zero attached hydrogens (tertiary/aromatic N) is 1. The first kappa shape index (κ1) is 20.6. The van der Waals surface area contributed by atoms with Crippen LogP contribution in [-0.4, -0.2) is 42.3 Å². The highest BCUT2D eigenvalue weighted by Crippen LogP contribution is 2.22. The third-order valence-electron chi connectivity index (χ3n) is 4.88. The first-order chi connectivity index (χ1) is 14.1. The molecule has 1 N–H and O–H groups in total. The van der Waals surface area contributed by atoms with Crippen LogP contribution in [0, 0.1) is 0 Å². The summed E-state index contributed by atoms with van der Waals surface area (Å²) >= 11 is 0. The first-order valence-electron chi connectivity index (χ1n) is 9.97. The molecule has 2 amide bonds. The molecule has 1 atom stereocenters. The molecular formula is C23H26N2O4. The normalized spacial score (nSPS) is 14.7. The lowest BCUT2D eigenvalue weighted by atomic mass is 10.1. The van der Waals surface area contributed by atoms with Gasteiger partial charge < -0.3 is 15.0 Å². The standard InChI is InChI=1S/C23H26N2O4/c26-20(16-18-10-4-1-5-11-18)24-17-21(27)29-22(19-12-6-2-7-13-19)23(28)25-14-8-3-9-15-25/h1-2,4-7,10-13,22H,3,8-9,14-17H2,(H,24,26). The van der Waals surface area contributed by atoms with E-state index in [1.54, 1.807) is 29.2 Å². The molecule has 0 bridgehead atoms. The van der Waals surface area contributed by atoms with Gasteiger partial charge in [0.25, 0.3) is 5.91 Å². The van der Waals surface area contributed by atoms with Crippen molar-refractivity contribution in [1.82, 2.24) is 10.2 Å². The fraction of sp³-hybridized carbons (Fsp3) is 0.348. The number of amides is 2. The summed E-state index contributed by atoms with van der Waals surface area (Å²) in [6.07, 6.45) is 2.21. The van der Waals surface area contributed by atoms with Crippen LogP contribution in [0.4, 0.5) is 0 Å². The molecule has 0 aliphatic carbocycles. The molecule has 1 aliphatic heterocycles. The lowest BCUT2D eigenvalue weighted by molar-refractivity contribution is -0.161. The van der Waals surface area contributed by atoms with Crippen LogP contribution < -0.4 is 5.32 Å². The fourth-order valence-electron chi connectivity index (χ4n) is 3.36. The maximum absolute atomic E-state index is 13.0. The number of nitrogens with one attached hydrogen (secondary N) is 1. The molecule has 6 nitrogen and oxygen atoms in total. The van der Waals surface area contributed by atoms with E-state index in [4.69, 9.17) is 4.74 Å². The molecule has 2 aromatic carbocycles. The molecule has 6 heteroatoms. The van der Waals surface area contributed by atoms with E-state index in [0.29, 0.717) is 18.7 Å². The Morgan fingerprint density at radius 2 is 1.52 bits per heavy atom. The lowest BCUT2D eigenvalue weighted by Gasteiger charge is -2.30. The molecule has 0 radical (unpaired) electrons. The van der Waals surface area contributed by atoms with Gasteiger partial charge in [-0.25, -0.2) is 0 Å². The van der Waals surface area contributed by atoms with Crippen molar-refractivity contribution in [1.29, 1.82) is 0 Å². The average Bonchev–Trinajstić information content (AvgIpc) is 2.77. The zero-order valence-electron chi connectivity index (χ0n) is 16.4. The molecule has 1 unspecified atom stereocenters. The monoisotopic (exact) mass is 394 g/mol. The molecule has 1 saturated heterocycles. The predicted octanol–water partition coefficient (Wildman–Crippen LogP) is 2.64. The molecule has 29 heavy (non-hydrogen) atoms. The predicted molar refractivity (Wildman–Crippen MR) is 109 cm³/mol. The number of esters is 1. The maximum atomic E-state index is 13.0. The second kappa shape index (κ2) is 10.4. The number of hydrogen-bond acceptors (Lipinski definition) is 4. The van der Waals surface area contributed by atoms with Gasteiger partial charge in [0.15, 0.2) is 0 Å². The minimum Gasteiger partial charge on any atom is -0.446 e. The topological polar surface area (TPSA) is 75.7 Å². The van der Waals surface area contributed by atoms with E-state index in [1.165, 1.54) is 0 Å². The number of carbonyl (C=O) groups excluding carboxylic acids is 3. The molecule has 1 aliphatic rings. The van der Waals surface area contributed by atoms with Gasteiger partial charge in [-0.05, 0) is 24.8 Å². The van der Waals surface area contributed by atoms with Crippen LogP contribution >= 0.6 is 0 Å². The molecule has 0 spiro atoms. The molecule has 1 heterocycles. The van der Waals surface area contributed by atoms with Crippen molar-refractivity contribution in [2.45, 2.75) is 31.8 Å². The van der Waals surface area contributed by atoms with Crippen LogP contribution in [-0.2, 0) is 25.5 Å². The molecule has 0 saturated carbocycles. The third-order valence-corrected chi connectivity index (χ3v) is 4.88. The van der Waals surface area contributed by atoms with Crippen LogP contribution in [0.3, 0.4) is 0 Å². The van der Waals surface area contributed by atoms with Gasteiger partial charge in [0.05, 0.1) is 6.42 Å². The highest BCUT2D eigenvalue weighted by molar-refractivity contribution is 5.87. The Hall–Kier alpha value is -3.15. The lowest BCUT2D eigenvalue weighted by Crippen LogP contribution is -2.41. The zero-order chi connectivity index (χ0) is 20.5. The van der Waals surface area contributed by atoms with E-state index in [9.17, 15) is 14.4 Å². The van der Waals surface area contributed by atoms with Gasteiger partial charge in [0, 0.05) is 18.7 Å². The van der Waals surface area contributed by atoms with Gasteiger partial charge in [-0.2, -0.15) is 0 Å². The quantitative estimate of drug-likeness (QED) is 0.733. The number of carbonyl (C=O) groups is 3. The van der Waals surface area contributed by atoms with Crippen LogP contribution in [0.1, 0.15) is 36.5 Å². The van der Waals surface area contributed by atoms with E-state index in [0.717, 1.165) is 24.8 Å². The minimum absolute atomic E-state index is 0.183. The van der Waals surface area contributed by atoms with Crippen molar-refractivity contribution in [3.8, 4) is 0 Å². The second-order valence-corrected chi connectivity index (χ2v) is 7.11. The zero-order valence-corrected chi connectivity index (χ0v) is 16.4. The molecule has 152 valence electrons. The van der Waals surface area contributed by atoms with Gasteiger partial charge >= 0.3 is 5.97 Å². The first-order valence-corrected chi connectivity index (χ1v) is 9.97. The largest absolute Gasteiger partial charge is 0.446 e. The summed E-state index contributed by atoms with van der Waals surface area (Å²) in [5, 5.41) is 2.57. The van der Waals surface area contributed by atoms with Crippen molar-refractivity contribution in [2.75, 3.05) is 19.6 Å². The van der Waals surface area contributed by atoms with E-state index in [-0.39, 0.29) is 24.8 Å². The molecule has 2 aromatic rings. The van der Waals surface area contributed by atoms with Crippen LogP contribution in [0.25, 0.3) is 0 Å². The van der Waals surface area contributed by atoms with E-state index >= 15 is 0 Å². The molecule has 3 rings (SSSR count). The highest BCUT2D eigenvalue weighted by Gasteiger charge is 2.30. The maximum Gasteiger partial charge on any atom is 0.326 e. The number of rotatable bonds is 7. The summed E-state index contributed by atoms with van der Waals surface area (Å²) in [5.41, 5.74) is 1.49. The van der Waals surface area contributed by atoms with E-state index in [2.05, 4.69) is 5.32 Å². The van der Waals surface area contributed by atoms with E-state index in [1.807, 2.05) is 36.4 Å². The van der Waals surface area contributed by atoms with Crippen molar-refractivity contribution in [2.24, 2.45) is 0 Å². The highest BCUT2D eigenvalue weighted by atomic mass is 16.5. The Kier molecular flexibility index (Phi) is 7.39. The van der Waals surface area contributed by atoms with Crippen molar-refractivity contribution < 1.29 is 19.1 Å². The van der Waals surface area contributed by atoms with Gasteiger partial charge in [-0.15, -0.1) is 0 Å². The van der Waals surface area contributed by atoms with Crippen molar-refractivity contribution in [3.63, 3.8) is 0 Å². The molecule has 0 aromatic heterocycles. The Bertz CT molecular complexity index is 817. The van der Waals surface area contributed by atoms with Gasteiger partial charge in [0.2, 0.25) is 12.0 Å². The summed E-state index contributed by atoms with van der Waals surface area (Å²) < 4.78 is 5.51. The van der Waals surface area contributed by atoms with E-state index < -0.39 is 12.1 Å². The smallest absolute Gasteiger partial charge is 0.326 e. The number of ether oxygens (including phenoxy) is 1. The van der Waals surface area contributed by atoms with Gasteiger partial charge in [-0.3, -0.25) is 14.4 Å². The number of benzene rings is 2. The summed E-state index contributed by atoms with van der Waals surface area (Å²) in [6, 6.07) is 18.3. The van der Waals surface area contributed by atoms with Crippen molar-refractivity contribution in [3.05, 3.63) is 71.8 Å². The fourth-order valence-corrected chi connectivity index (χ4v) is 3.36. The summed E-state index contributed by atoms with van der Waals surface area (Å²) in [6.45, 7) is 1.07. The van der Waals surface area contributed by atoms with Crippen molar-refractivity contribution >= 4 is 17.8 Å². The SMILES string of the molecule is O=C(Cc1ccccc1)NCC(=O)OC(C(=O)N1CCCCC1)c1ccccc1. The Morgan fingerprint density at radius 3 is 2.17 bits per heavy atom. The van der Waals surface area contributed by atoms with Crippen LogP contribution in [0.5, 0.6) is 0 Å². The summed E-state index contributed by atoms with van der Waals surface area (Å²) in [7, 11) is 0. The molecule has 1 fully saturated rings. The molecular weight excluding hydrogens is 368 g/mol. The Labute approximate surface area is 170 Å². The average molecular weight is 394 g/mol. The second-order valence-electron chi connectivity index (χ2n) is 7.11. The Morgan fingerprint density at radius 1 is 0.897 bits per heavy atom. The third kappa shape index (κ3) is 6.17. The number of piperidine rings is 1.